The van der Waals surface area contributed by atoms with Crippen molar-refractivity contribution in [3.63, 3.8) is 0 Å². The number of amidine groups is 1. The standard InChI is InChI=1S/C14H19N3O3/c1-9-6-14(7-9,12(15)17-20)13(19)16-11-4-2-10(8-18)3-5-11/h2-5,9,18,20H,6-8H2,1H3,(H2,15,17)(H,16,19). The monoisotopic (exact) mass is 277 g/mol. The van der Waals surface area contributed by atoms with Crippen molar-refractivity contribution in [1.82, 2.24) is 0 Å². The summed E-state index contributed by atoms with van der Waals surface area (Å²) in [5.41, 5.74) is 6.16. The van der Waals surface area contributed by atoms with Crippen molar-refractivity contribution in [3.8, 4) is 0 Å². The normalized spacial score (nSPS) is 25.9. The number of hydrogen-bond donors (Lipinski definition) is 4. The Kier molecular flexibility index (Phi) is 3.94. The molecule has 6 heteroatoms. The largest absolute Gasteiger partial charge is 0.409 e. The Hall–Kier alpha value is -2.08. The molecule has 1 aliphatic rings. The molecule has 1 saturated carbocycles. The average molecular weight is 277 g/mol. The molecule has 2 rings (SSSR count). The van der Waals surface area contributed by atoms with Gasteiger partial charge in [-0.25, -0.2) is 0 Å². The van der Waals surface area contributed by atoms with E-state index in [-0.39, 0.29) is 18.3 Å². The molecule has 1 aromatic rings. The van der Waals surface area contributed by atoms with Crippen LogP contribution < -0.4 is 11.1 Å². The molecule has 1 aromatic carbocycles. The van der Waals surface area contributed by atoms with E-state index in [2.05, 4.69) is 10.5 Å². The van der Waals surface area contributed by atoms with E-state index in [9.17, 15) is 4.79 Å². The molecule has 1 amide bonds. The summed E-state index contributed by atoms with van der Waals surface area (Å²) in [6.45, 7) is 1.98. The fourth-order valence-electron chi connectivity index (χ4n) is 2.68. The Morgan fingerprint density at radius 3 is 2.50 bits per heavy atom. The Labute approximate surface area is 117 Å². The van der Waals surface area contributed by atoms with Gasteiger partial charge in [0, 0.05) is 5.69 Å². The zero-order valence-electron chi connectivity index (χ0n) is 11.3. The number of carbonyl (C=O) groups is 1. The maximum Gasteiger partial charge on any atom is 0.238 e. The van der Waals surface area contributed by atoms with Gasteiger partial charge in [0.05, 0.1) is 6.61 Å². The minimum absolute atomic E-state index is 0.0416. The summed E-state index contributed by atoms with van der Waals surface area (Å²) >= 11 is 0. The molecule has 5 N–H and O–H groups in total. The third kappa shape index (κ3) is 2.46. The van der Waals surface area contributed by atoms with Gasteiger partial charge in [0.1, 0.15) is 5.41 Å². The number of nitrogens with two attached hydrogens (primary N) is 1. The predicted molar refractivity (Wildman–Crippen MR) is 75.2 cm³/mol. The number of anilines is 1. The quantitative estimate of drug-likeness (QED) is 0.288. The molecule has 6 nitrogen and oxygen atoms in total. The summed E-state index contributed by atoms with van der Waals surface area (Å²) in [5, 5.41) is 23.6. The number of carbonyl (C=O) groups excluding carboxylic acids is 1. The van der Waals surface area contributed by atoms with Crippen LogP contribution in [0.3, 0.4) is 0 Å². The summed E-state index contributed by atoms with van der Waals surface area (Å²) in [4.78, 5) is 12.4. The second kappa shape index (κ2) is 5.50. The fourth-order valence-corrected chi connectivity index (χ4v) is 2.68. The van der Waals surface area contributed by atoms with E-state index in [1.54, 1.807) is 24.3 Å². The highest BCUT2D eigenvalue weighted by molar-refractivity contribution is 6.12. The number of nitrogens with zero attached hydrogens (tertiary/aromatic N) is 1. The van der Waals surface area contributed by atoms with E-state index < -0.39 is 5.41 Å². The lowest BCUT2D eigenvalue weighted by Crippen LogP contribution is -2.54. The van der Waals surface area contributed by atoms with Crippen molar-refractivity contribution >= 4 is 17.4 Å². The zero-order valence-corrected chi connectivity index (χ0v) is 11.3. The van der Waals surface area contributed by atoms with Crippen molar-refractivity contribution in [1.29, 1.82) is 0 Å². The first kappa shape index (κ1) is 14.3. The van der Waals surface area contributed by atoms with E-state index >= 15 is 0 Å². The third-order valence-electron chi connectivity index (χ3n) is 3.82. The summed E-state index contributed by atoms with van der Waals surface area (Å²) < 4.78 is 0. The average Bonchev–Trinajstić information content (AvgIpc) is 2.43. The molecule has 1 fully saturated rings. The lowest BCUT2D eigenvalue weighted by molar-refractivity contribution is -0.127. The van der Waals surface area contributed by atoms with Crippen molar-refractivity contribution in [3.05, 3.63) is 29.8 Å². The first-order valence-electron chi connectivity index (χ1n) is 6.51. The highest BCUT2D eigenvalue weighted by Gasteiger charge is 2.52. The second-order valence-corrected chi connectivity index (χ2v) is 5.39. The Bertz CT molecular complexity index is 519. The van der Waals surface area contributed by atoms with Crippen molar-refractivity contribution < 1.29 is 15.1 Å². The maximum absolute atomic E-state index is 12.4. The van der Waals surface area contributed by atoms with Crippen molar-refractivity contribution in [2.45, 2.75) is 26.4 Å². The molecular formula is C14H19N3O3. The lowest BCUT2D eigenvalue weighted by atomic mass is 9.61. The SMILES string of the molecule is CC1CC(C(=O)Nc2ccc(CO)cc2)(/C(N)=N/O)C1. The van der Waals surface area contributed by atoms with Gasteiger partial charge in [-0.05, 0) is 36.5 Å². The van der Waals surface area contributed by atoms with Gasteiger partial charge in [0.2, 0.25) is 5.91 Å². The number of aliphatic hydroxyl groups excluding tert-OH is 1. The van der Waals surface area contributed by atoms with Crippen LogP contribution >= 0.6 is 0 Å². The smallest absolute Gasteiger partial charge is 0.238 e. The molecular weight excluding hydrogens is 258 g/mol. The molecule has 1 aliphatic carbocycles. The van der Waals surface area contributed by atoms with Crippen LogP contribution in [0.1, 0.15) is 25.3 Å². The maximum atomic E-state index is 12.4. The Morgan fingerprint density at radius 1 is 1.45 bits per heavy atom. The highest BCUT2D eigenvalue weighted by atomic mass is 16.4. The van der Waals surface area contributed by atoms with Gasteiger partial charge in [0.25, 0.3) is 0 Å². The molecule has 0 aliphatic heterocycles. The van der Waals surface area contributed by atoms with Crippen molar-refractivity contribution in [2.24, 2.45) is 22.2 Å². The van der Waals surface area contributed by atoms with Gasteiger partial charge in [0.15, 0.2) is 5.84 Å². The summed E-state index contributed by atoms with van der Waals surface area (Å²) in [6, 6.07) is 6.89. The zero-order chi connectivity index (χ0) is 14.8. The van der Waals surface area contributed by atoms with Gasteiger partial charge in [-0.3, -0.25) is 4.79 Å². The summed E-state index contributed by atoms with van der Waals surface area (Å²) in [5.74, 6) is 0.0699. The topological polar surface area (TPSA) is 108 Å². The Balaban J connectivity index is 2.13. The number of benzene rings is 1. The molecule has 0 saturated heterocycles. The van der Waals surface area contributed by atoms with Gasteiger partial charge >= 0.3 is 0 Å². The van der Waals surface area contributed by atoms with Crippen LogP contribution in [-0.4, -0.2) is 22.1 Å². The third-order valence-corrected chi connectivity index (χ3v) is 3.82. The molecule has 0 atom stereocenters. The van der Waals surface area contributed by atoms with Crippen LogP contribution in [0.25, 0.3) is 0 Å². The lowest BCUT2D eigenvalue weighted by Gasteiger charge is -2.43. The number of hydrogen-bond acceptors (Lipinski definition) is 4. The van der Waals surface area contributed by atoms with Crippen molar-refractivity contribution in [2.75, 3.05) is 5.32 Å². The number of aliphatic hydroxyl groups is 1. The molecule has 0 unspecified atom stereocenters. The van der Waals surface area contributed by atoms with Gasteiger partial charge in [-0.2, -0.15) is 0 Å². The molecule has 0 bridgehead atoms. The van der Waals surface area contributed by atoms with Crippen LogP contribution in [0.5, 0.6) is 0 Å². The molecule has 0 radical (unpaired) electrons. The van der Waals surface area contributed by atoms with Crippen LogP contribution in [-0.2, 0) is 11.4 Å². The van der Waals surface area contributed by atoms with E-state index in [0.29, 0.717) is 24.4 Å². The number of oxime groups is 1. The first-order chi connectivity index (χ1) is 9.51. The van der Waals surface area contributed by atoms with Gasteiger partial charge in [-0.15, -0.1) is 0 Å². The summed E-state index contributed by atoms with van der Waals surface area (Å²) in [6.07, 6.45) is 1.15. The number of nitrogens with one attached hydrogen (secondary N) is 1. The van der Waals surface area contributed by atoms with E-state index in [0.717, 1.165) is 5.56 Å². The molecule has 0 aromatic heterocycles. The minimum atomic E-state index is -0.913. The van der Waals surface area contributed by atoms with Gasteiger partial charge < -0.3 is 21.4 Å². The summed E-state index contributed by atoms with van der Waals surface area (Å²) in [7, 11) is 0. The second-order valence-electron chi connectivity index (χ2n) is 5.39. The number of amides is 1. The number of rotatable bonds is 4. The van der Waals surface area contributed by atoms with E-state index in [1.165, 1.54) is 0 Å². The predicted octanol–water partition coefficient (Wildman–Crippen LogP) is 1.28. The molecule has 108 valence electrons. The van der Waals surface area contributed by atoms with Crippen LogP contribution in [0.15, 0.2) is 29.4 Å². The van der Waals surface area contributed by atoms with Crippen LogP contribution in [0.4, 0.5) is 5.69 Å². The Morgan fingerprint density at radius 2 is 2.05 bits per heavy atom. The fraction of sp³-hybridized carbons (Fsp3) is 0.429. The van der Waals surface area contributed by atoms with Crippen LogP contribution in [0.2, 0.25) is 0 Å². The minimum Gasteiger partial charge on any atom is -0.409 e. The van der Waals surface area contributed by atoms with E-state index in [4.69, 9.17) is 16.0 Å². The molecule has 20 heavy (non-hydrogen) atoms. The first-order valence-corrected chi connectivity index (χ1v) is 6.51. The highest BCUT2D eigenvalue weighted by Crippen LogP contribution is 2.46. The van der Waals surface area contributed by atoms with Gasteiger partial charge in [-0.1, -0.05) is 24.2 Å². The van der Waals surface area contributed by atoms with E-state index in [1.807, 2.05) is 6.92 Å². The molecule has 0 heterocycles. The van der Waals surface area contributed by atoms with Crippen LogP contribution in [0, 0.1) is 11.3 Å². The molecule has 0 spiro atoms.